The van der Waals surface area contributed by atoms with Gasteiger partial charge < -0.3 is 20.1 Å². The van der Waals surface area contributed by atoms with Crippen LogP contribution in [0.15, 0.2) is 24.3 Å². The van der Waals surface area contributed by atoms with Crippen LogP contribution in [-0.4, -0.2) is 54.8 Å². The van der Waals surface area contributed by atoms with Crippen LogP contribution in [0.2, 0.25) is 0 Å². The van der Waals surface area contributed by atoms with Crippen molar-refractivity contribution in [1.82, 2.24) is 10.2 Å². The summed E-state index contributed by atoms with van der Waals surface area (Å²) in [6, 6.07) is 8.01. The molecule has 21 heavy (non-hydrogen) atoms. The molecular formula is C16H24N2O3. The van der Waals surface area contributed by atoms with Crippen molar-refractivity contribution in [1.29, 1.82) is 0 Å². The highest BCUT2D eigenvalue weighted by Crippen LogP contribution is 2.12. The molecule has 1 fully saturated rings. The van der Waals surface area contributed by atoms with E-state index >= 15 is 0 Å². The van der Waals surface area contributed by atoms with Gasteiger partial charge in [-0.15, -0.1) is 0 Å². The fraction of sp³-hybridized carbons (Fsp3) is 0.562. The van der Waals surface area contributed by atoms with Crippen LogP contribution in [0.3, 0.4) is 0 Å². The highest BCUT2D eigenvalue weighted by molar-refractivity contribution is 5.76. The summed E-state index contributed by atoms with van der Waals surface area (Å²) < 4.78 is 5.55. The van der Waals surface area contributed by atoms with Gasteiger partial charge in [-0.25, -0.2) is 0 Å². The first-order chi connectivity index (χ1) is 10.0. The Hall–Kier alpha value is -1.59. The molecule has 0 aromatic heterocycles. The van der Waals surface area contributed by atoms with Gasteiger partial charge >= 0.3 is 0 Å². The molecule has 1 saturated heterocycles. The third-order valence-corrected chi connectivity index (χ3v) is 3.73. The van der Waals surface area contributed by atoms with Gasteiger partial charge in [0.2, 0.25) is 5.91 Å². The molecular weight excluding hydrogens is 268 g/mol. The number of aryl methyl sites for hydroxylation is 1. The zero-order chi connectivity index (χ0) is 15.2. The van der Waals surface area contributed by atoms with Gasteiger partial charge in [0.25, 0.3) is 0 Å². The molecule has 0 saturated carbocycles. The van der Waals surface area contributed by atoms with E-state index in [0.717, 1.165) is 12.2 Å². The molecule has 2 unspecified atom stereocenters. The van der Waals surface area contributed by atoms with Crippen molar-refractivity contribution in [2.45, 2.75) is 31.9 Å². The molecule has 0 bridgehead atoms. The van der Waals surface area contributed by atoms with Crippen LogP contribution in [-0.2, 0) is 4.79 Å². The van der Waals surface area contributed by atoms with E-state index < -0.39 is 6.10 Å². The zero-order valence-corrected chi connectivity index (χ0v) is 12.7. The van der Waals surface area contributed by atoms with Gasteiger partial charge in [-0.1, -0.05) is 17.7 Å². The Balaban J connectivity index is 1.66. The number of nitrogens with one attached hydrogen (secondary N) is 1. The monoisotopic (exact) mass is 292 g/mol. The van der Waals surface area contributed by atoms with Crippen LogP contribution >= 0.6 is 0 Å². The number of amides is 1. The average molecular weight is 292 g/mol. The number of ether oxygens (including phenoxy) is 1. The molecule has 1 heterocycles. The van der Waals surface area contributed by atoms with Gasteiger partial charge in [0.05, 0.1) is 0 Å². The van der Waals surface area contributed by atoms with Crippen LogP contribution in [0.5, 0.6) is 5.75 Å². The van der Waals surface area contributed by atoms with Crippen LogP contribution < -0.4 is 10.1 Å². The minimum atomic E-state index is -0.561. The quantitative estimate of drug-likeness (QED) is 0.819. The van der Waals surface area contributed by atoms with Crippen molar-refractivity contribution in [3.05, 3.63) is 29.8 Å². The van der Waals surface area contributed by atoms with E-state index in [2.05, 4.69) is 5.32 Å². The van der Waals surface area contributed by atoms with Crippen molar-refractivity contribution < 1.29 is 14.6 Å². The maximum atomic E-state index is 11.4. The zero-order valence-electron chi connectivity index (χ0n) is 12.7. The van der Waals surface area contributed by atoms with Gasteiger partial charge in [0, 0.05) is 32.6 Å². The predicted octanol–water partition coefficient (Wildman–Crippen LogP) is 0.945. The van der Waals surface area contributed by atoms with E-state index in [1.807, 2.05) is 38.2 Å². The molecule has 0 aliphatic carbocycles. The first kappa shape index (κ1) is 15.8. The summed E-state index contributed by atoms with van der Waals surface area (Å²) in [4.78, 5) is 13.1. The second kappa shape index (κ2) is 7.43. The largest absolute Gasteiger partial charge is 0.491 e. The topological polar surface area (TPSA) is 61.8 Å². The molecule has 1 aliphatic rings. The van der Waals surface area contributed by atoms with Gasteiger partial charge in [0.15, 0.2) is 0 Å². The summed E-state index contributed by atoms with van der Waals surface area (Å²) in [6.07, 6.45) is 0.841. The van der Waals surface area contributed by atoms with Gasteiger partial charge in [-0.3, -0.25) is 4.79 Å². The molecule has 5 heteroatoms. The number of carbonyl (C=O) groups is 1. The fourth-order valence-electron chi connectivity index (χ4n) is 2.37. The maximum absolute atomic E-state index is 11.4. The molecule has 0 radical (unpaired) electrons. The number of likely N-dealkylation sites (tertiary alicyclic amines) is 1. The van der Waals surface area contributed by atoms with Gasteiger partial charge in [0.1, 0.15) is 18.5 Å². The lowest BCUT2D eigenvalue weighted by atomic mass is 10.1. The lowest BCUT2D eigenvalue weighted by molar-refractivity contribution is -0.132. The van der Waals surface area contributed by atoms with E-state index in [0.29, 0.717) is 19.5 Å². The van der Waals surface area contributed by atoms with Crippen molar-refractivity contribution in [3.63, 3.8) is 0 Å². The summed E-state index contributed by atoms with van der Waals surface area (Å²) in [5, 5.41) is 13.2. The third kappa shape index (κ3) is 5.02. The van der Waals surface area contributed by atoms with Crippen molar-refractivity contribution in [2.75, 3.05) is 26.7 Å². The minimum absolute atomic E-state index is 0.191. The first-order valence-corrected chi connectivity index (χ1v) is 7.39. The highest BCUT2D eigenvalue weighted by atomic mass is 16.5. The lowest BCUT2D eigenvalue weighted by Gasteiger charge is -2.30. The van der Waals surface area contributed by atoms with E-state index in [1.54, 1.807) is 4.90 Å². The normalized spacial score (nSPS) is 20.4. The highest BCUT2D eigenvalue weighted by Gasteiger charge is 2.22. The summed E-state index contributed by atoms with van der Waals surface area (Å²) in [7, 11) is 1.81. The SMILES string of the molecule is Cc1ccc(OCC(O)CNC2CCC(=O)N(C)C2)cc1. The smallest absolute Gasteiger partial charge is 0.222 e. The lowest BCUT2D eigenvalue weighted by Crippen LogP contribution is -2.48. The number of hydrogen-bond donors (Lipinski definition) is 2. The molecule has 5 nitrogen and oxygen atoms in total. The molecule has 116 valence electrons. The van der Waals surface area contributed by atoms with Crippen molar-refractivity contribution in [2.24, 2.45) is 0 Å². The Kier molecular flexibility index (Phi) is 5.59. The Bertz CT molecular complexity index is 461. The second-order valence-electron chi connectivity index (χ2n) is 5.70. The standard InChI is InChI=1S/C16H24N2O3/c1-12-3-6-15(7-4-12)21-11-14(19)9-17-13-5-8-16(20)18(2)10-13/h3-4,6-7,13-14,17,19H,5,8-11H2,1-2H3. The molecule has 1 aromatic carbocycles. The van der Waals surface area contributed by atoms with Crippen LogP contribution in [0, 0.1) is 6.92 Å². The molecule has 1 amide bonds. The minimum Gasteiger partial charge on any atom is -0.491 e. The molecule has 2 N–H and O–H groups in total. The Morgan fingerprint density at radius 3 is 2.81 bits per heavy atom. The second-order valence-corrected chi connectivity index (χ2v) is 5.70. The maximum Gasteiger partial charge on any atom is 0.222 e. The molecule has 2 atom stereocenters. The number of hydrogen-bond acceptors (Lipinski definition) is 4. The van der Waals surface area contributed by atoms with E-state index in [-0.39, 0.29) is 18.6 Å². The third-order valence-electron chi connectivity index (χ3n) is 3.73. The number of carbonyl (C=O) groups excluding carboxylic acids is 1. The molecule has 1 aromatic rings. The van der Waals surface area contributed by atoms with E-state index in [4.69, 9.17) is 4.74 Å². The summed E-state index contributed by atoms with van der Waals surface area (Å²) in [5.74, 6) is 0.957. The average Bonchev–Trinajstić information content (AvgIpc) is 2.48. The fourth-order valence-corrected chi connectivity index (χ4v) is 2.37. The number of aliphatic hydroxyl groups excluding tert-OH is 1. The predicted molar refractivity (Wildman–Crippen MR) is 81.3 cm³/mol. The summed E-state index contributed by atoms with van der Waals surface area (Å²) in [5.41, 5.74) is 1.18. The first-order valence-electron chi connectivity index (χ1n) is 7.39. The number of piperidine rings is 1. The Morgan fingerprint density at radius 1 is 1.43 bits per heavy atom. The summed E-state index contributed by atoms with van der Waals surface area (Å²) in [6.45, 7) is 3.45. The van der Waals surface area contributed by atoms with E-state index in [9.17, 15) is 9.90 Å². The van der Waals surface area contributed by atoms with E-state index in [1.165, 1.54) is 5.56 Å². The number of aliphatic hydroxyl groups is 1. The Labute approximate surface area is 125 Å². The number of nitrogens with zero attached hydrogens (tertiary/aromatic N) is 1. The summed E-state index contributed by atoms with van der Waals surface area (Å²) >= 11 is 0. The van der Waals surface area contributed by atoms with Crippen LogP contribution in [0.1, 0.15) is 18.4 Å². The number of likely N-dealkylation sites (N-methyl/N-ethyl adjacent to an activating group) is 1. The van der Waals surface area contributed by atoms with Gasteiger partial charge in [-0.2, -0.15) is 0 Å². The molecule has 0 spiro atoms. The molecule has 2 rings (SSSR count). The van der Waals surface area contributed by atoms with Crippen molar-refractivity contribution in [3.8, 4) is 5.75 Å². The number of rotatable bonds is 6. The van der Waals surface area contributed by atoms with Crippen LogP contribution in [0.25, 0.3) is 0 Å². The van der Waals surface area contributed by atoms with Crippen LogP contribution in [0.4, 0.5) is 0 Å². The number of benzene rings is 1. The molecule has 1 aliphatic heterocycles. The van der Waals surface area contributed by atoms with Crippen molar-refractivity contribution >= 4 is 5.91 Å². The van der Waals surface area contributed by atoms with Gasteiger partial charge in [-0.05, 0) is 25.5 Å². The Morgan fingerprint density at radius 2 is 2.14 bits per heavy atom.